The van der Waals surface area contributed by atoms with Crippen molar-refractivity contribution in [2.75, 3.05) is 61.6 Å². The molecule has 0 aromatic carbocycles. The molecule has 202 valence electrons. The Balaban J connectivity index is 1.37. The van der Waals surface area contributed by atoms with Crippen LogP contribution < -0.4 is 15.1 Å². The molecule has 3 aliphatic rings. The van der Waals surface area contributed by atoms with Gasteiger partial charge >= 0.3 is 6.03 Å². The molecule has 39 heavy (non-hydrogen) atoms. The standard InChI is InChI=1S/C27H29N7O5/c1-38-22-4-6-33(14-22)24-10-25(29-12-20(24)11-28)31-27(37)34-5-2-3-18-9-19(23(16-36)30-26(18)34)13-32-7-8-39-17-21(32)15-35/h9-10,12,16,22H,2-8,13-14,17H2,1H3,(H,29,31,37)/t22-/m0/s1. The van der Waals surface area contributed by atoms with Crippen LogP contribution in [0, 0.1) is 11.3 Å². The van der Waals surface area contributed by atoms with Crippen LogP contribution in [0.25, 0.3) is 0 Å². The third-order valence-corrected chi connectivity index (χ3v) is 7.29. The number of ether oxygens (including phenoxy) is 2. The van der Waals surface area contributed by atoms with E-state index in [0.29, 0.717) is 79.6 Å². The molecule has 1 N–H and O–H groups in total. The fourth-order valence-electron chi connectivity index (χ4n) is 5.21. The van der Waals surface area contributed by atoms with Crippen LogP contribution >= 0.6 is 0 Å². The highest BCUT2D eigenvalue weighted by Crippen LogP contribution is 2.30. The van der Waals surface area contributed by atoms with Gasteiger partial charge in [0.1, 0.15) is 35.0 Å². The molecule has 2 saturated heterocycles. The lowest BCUT2D eigenvalue weighted by molar-refractivity contribution is 0.0718. The van der Waals surface area contributed by atoms with E-state index < -0.39 is 6.03 Å². The second-order valence-corrected chi connectivity index (χ2v) is 9.63. The Morgan fingerprint density at radius 3 is 2.95 bits per heavy atom. The number of carbonyl (C=O) groups is 2. The summed E-state index contributed by atoms with van der Waals surface area (Å²) in [6, 6.07) is 5.34. The minimum absolute atomic E-state index is 0.0832. The summed E-state index contributed by atoms with van der Waals surface area (Å²) in [6.45, 7) is 3.31. The number of hydrogen-bond acceptors (Lipinski definition) is 10. The van der Waals surface area contributed by atoms with Gasteiger partial charge in [0.2, 0.25) is 0 Å². The number of anilines is 3. The number of methoxy groups -OCH3 is 1. The molecule has 0 aliphatic carbocycles. The van der Waals surface area contributed by atoms with E-state index >= 15 is 0 Å². The number of morpholine rings is 1. The van der Waals surface area contributed by atoms with E-state index in [1.807, 2.05) is 16.9 Å². The number of pyridine rings is 2. The lowest BCUT2D eigenvalue weighted by Crippen LogP contribution is -2.40. The number of rotatable bonds is 6. The first-order valence-corrected chi connectivity index (χ1v) is 12.9. The Kier molecular flexibility index (Phi) is 7.84. The summed E-state index contributed by atoms with van der Waals surface area (Å²) in [6.07, 6.45) is 4.48. The number of nitrogens with zero attached hydrogens (tertiary/aromatic N) is 6. The van der Waals surface area contributed by atoms with Gasteiger partial charge in [-0.3, -0.25) is 15.0 Å². The molecule has 1 atom stereocenters. The Morgan fingerprint density at radius 1 is 1.33 bits per heavy atom. The topological polar surface area (TPSA) is 141 Å². The molecule has 0 spiro atoms. The molecule has 2 amide bonds. The van der Waals surface area contributed by atoms with Gasteiger partial charge in [-0.25, -0.2) is 19.6 Å². The molecule has 0 radical (unpaired) electrons. The van der Waals surface area contributed by atoms with Crippen LogP contribution in [0.4, 0.5) is 22.1 Å². The van der Waals surface area contributed by atoms with Crippen molar-refractivity contribution >= 4 is 35.6 Å². The van der Waals surface area contributed by atoms with Crippen molar-refractivity contribution in [1.29, 1.82) is 5.26 Å². The number of hydrogen-bond donors (Lipinski definition) is 1. The van der Waals surface area contributed by atoms with Crippen molar-refractivity contribution < 1.29 is 23.9 Å². The predicted molar refractivity (Wildman–Crippen MR) is 141 cm³/mol. The third kappa shape index (κ3) is 5.47. The van der Waals surface area contributed by atoms with E-state index in [9.17, 15) is 19.6 Å². The first-order chi connectivity index (χ1) is 19.0. The maximum atomic E-state index is 13.4. The summed E-state index contributed by atoms with van der Waals surface area (Å²) in [4.78, 5) is 50.9. The molecule has 0 bridgehead atoms. The second-order valence-electron chi connectivity index (χ2n) is 9.63. The van der Waals surface area contributed by atoms with Crippen molar-refractivity contribution in [1.82, 2.24) is 14.9 Å². The Hall–Kier alpha value is -4.30. The number of nitrogens with one attached hydrogen (secondary N) is 1. The monoisotopic (exact) mass is 531 g/mol. The van der Waals surface area contributed by atoms with E-state index in [-0.39, 0.29) is 18.4 Å². The molecule has 5 rings (SSSR count). The van der Waals surface area contributed by atoms with Crippen molar-refractivity contribution in [3.05, 3.63) is 46.4 Å². The fraction of sp³-hybridized carbons (Fsp3) is 0.444. The summed E-state index contributed by atoms with van der Waals surface area (Å²) in [5, 5.41) is 12.4. The van der Waals surface area contributed by atoms with Crippen LogP contribution in [-0.2, 0) is 27.2 Å². The highest BCUT2D eigenvalue weighted by molar-refractivity contribution is 6.02. The molecule has 5 heterocycles. The zero-order valence-corrected chi connectivity index (χ0v) is 21.7. The molecular formula is C27H29N7O5. The summed E-state index contributed by atoms with van der Waals surface area (Å²) in [5.41, 5.74) is 3.26. The molecule has 2 aromatic heterocycles. The highest BCUT2D eigenvalue weighted by Gasteiger charge is 2.29. The fourth-order valence-corrected chi connectivity index (χ4v) is 5.21. The SMILES string of the molecule is CO[C@H]1CCN(c2cc(NC(=O)N3CCCc4cc(CN5CCOCC5=C=O)c(C=O)nc43)ncc2C#N)C1. The molecule has 0 saturated carbocycles. The molecule has 12 heteroatoms. The van der Waals surface area contributed by atoms with E-state index in [2.05, 4.69) is 26.3 Å². The number of aryl methyl sites for hydroxylation is 1. The van der Waals surface area contributed by atoms with Gasteiger partial charge in [-0.05, 0) is 30.9 Å². The third-order valence-electron chi connectivity index (χ3n) is 7.29. The smallest absolute Gasteiger partial charge is 0.328 e. The van der Waals surface area contributed by atoms with Gasteiger partial charge < -0.3 is 19.3 Å². The molecular weight excluding hydrogens is 502 g/mol. The van der Waals surface area contributed by atoms with Crippen molar-refractivity contribution in [2.24, 2.45) is 0 Å². The summed E-state index contributed by atoms with van der Waals surface area (Å²) < 4.78 is 10.8. The predicted octanol–water partition coefficient (Wildman–Crippen LogP) is 1.92. The number of carbonyl (C=O) groups excluding carboxylic acids is 3. The van der Waals surface area contributed by atoms with Gasteiger partial charge in [-0.15, -0.1) is 0 Å². The Morgan fingerprint density at radius 2 is 2.21 bits per heavy atom. The van der Waals surface area contributed by atoms with Gasteiger partial charge in [0.15, 0.2) is 6.29 Å². The van der Waals surface area contributed by atoms with Gasteiger partial charge in [-0.1, -0.05) is 0 Å². The van der Waals surface area contributed by atoms with E-state index in [1.54, 1.807) is 13.2 Å². The van der Waals surface area contributed by atoms with Crippen LogP contribution in [0.1, 0.15) is 40.0 Å². The average molecular weight is 532 g/mol. The summed E-state index contributed by atoms with van der Waals surface area (Å²) >= 11 is 0. The van der Waals surface area contributed by atoms with Crippen LogP contribution in [0.5, 0.6) is 0 Å². The largest absolute Gasteiger partial charge is 0.380 e. The molecule has 3 aliphatic heterocycles. The average Bonchev–Trinajstić information content (AvgIpc) is 3.46. The summed E-state index contributed by atoms with van der Waals surface area (Å²) in [5.74, 6) is 2.66. The number of aldehydes is 1. The molecule has 2 fully saturated rings. The lowest BCUT2D eigenvalue weighted by Gasteiger charge is -2.31. The first kappa shape index (κ1) is 26.3. The van der Waals surface area contributed by atoms with Crippen LogP contribution in [-0.4, -0.2) is 85.7 Å². The Labute approximate surface area is 225 Å². The zero-order valence-electron chi connectivity index (χ0n) is 21.7. The number of aromatic nitrogens is 2. The maximum Gasteiger partial charge on any atom is 0.328 e. The van der Waals surface area contributed by atoms with Crippen molar-refractivity contribution in [2.45, 2.75) is 31.9 Å². The van der Waals surface area contributed by atoms with Crippen molar-refractivity contribution in [3.63, 3.8) is 0 Å². The van der Waals surface area contributed by atoms with Crippen molar-refractivity contribution in [3.8, 4) is 6.07 Å². The quantitative estimate of drug-likeness (QED) is 0.434. The van der Waals surface area contributed by atoms with Gasteiger partial charge in [-0.2, -0.15) is 5.26 Å². The number of amides is 2. The van der Waals surface area contributed by atoms with Crippen LogP contribution in [0.15, 0.2) is 24.0 Å². The van der Waals surface area contributed by atoms with Gasteiger partial charge in [0, 0.05) is 57.7 Å². The Bertz CT molecular complexity index is 1370. The van der Waals surface area contributed by atoms with E-state index in [1.165, 1.54) is 11.1 Å². The number of fused-ring (bicyclic) bond motifs is 1. The number of nitriles is 1. The van der Waals surface area contributed by atoms with Gasteiger partial charge in [0.05, 0.1) is 30.6 Å². The lowest BCUT2D eigenvalue weighted by atomic mass is 10.0. The second kappa shape index (κ2) is 11.6. The maximum absolute atomic E-state index is 13.4. The first-order valence-electron chi connectivity index (χ1n) is 12.9. The van der Waals surface area contributed by atoms with Crippen LogP contribution in [0.3, 0.4) is 0 Å². The van der Waals surface area contributed by atoms with Crippen LogP contribution in [0.2, 0.25) is 0 Å². The van der Waals surface area contributed by atoms with Gasteiger partial charge in [0.25, 0.3) is 0 Å². The molecule has 2 aromatic rings. The normalized spacial score (nSPS) is 18.8. The zero-order chi connectivity index (χ0) is 27.4. The minimum Gasteiger partial charge on any atom is -0.380 e. The number of urea groups is 1. The highest BCUT2D eigenvalue weighted by atomic mass is 16.5. The van der Waals surface area contributed by atoms with E-state index in [4.69, 9.17) is 9.47 Å². The minimum atomic E-state index is -0.424. The van der Waals surface area contributed by atoms with E-state index in [0.717, 1.165) is 24.9 Å². The molecule has 12 nitrogen and oxygen atoms in total. The summed E-state index contributed by atoms with van der Waals surface area (Å²) in [7, 11) is 1.67. The molecule has 0 unspecified atom stereocenters.